The van der Waals surface area contributed by atoms with E-state index in [1.54, 1.807) is 0 Å². The topological polar surface area (TPSA) is 0 Å². The van der Waals surface area contributed by atoms with Crippen LogP contribution in [-0.4, -0.2) is 0 Å². The van der Waals surface area contributed by atoms with Gasteiger partial charge in [-0.3, -0.25) is 0 Å². The second kappa shape index (κ2) is 8.23. The van der Waals surface area contributed by atoms with Crippen LogP contribution in [-0.2, 0) is 0 Å². The van der Waals surface area contributed by atoms with Crippen LogP contribution in [0, 0.1) is 0 Å². The van der Waals surface area contributed by atoms with Gasteiger partial charge in [0.05, 0.1) is 0 Å². The molecule has 0 unspecified atom stereocenters. The zero-order valence-corrected chi connectivity index (χ0v) is 16.7. The summed E-state index contributed by atoms with van der Waals surface area (Å²) in [6, 6.07) is 38.5. The Kier molecular flexibility index (Phi) is 4.98. The lowest BCUT2D eigenvalue weighted by Crippen LogP contribution is -1.86. The van der Waals surface area contributed by atoms with Gasteiger partial charge in [-0.05, 0) is 43.8 Å². The summed E-state index contributed by atoms with van der Waals surface area (Å²) >= 11 is 0. The molecule has 0 heteroatoms. The Morgan fingerprint density at radius 2 is 0.967 bits per heavy atom. The lowest BCUT2D eigenvalue weighted by atomic mass is 9.94. The molecule has 0 atom stereocenters. The maximum Gasteiger partial charge on any atom is -0.00990 e. The van der Waals surface area contributed by atoms with E-state index in [4.69, 9.17) is 0 Å². The third-order valence-corrected chi connectivity index (χ3v) is 5.50. The Hall–Kier alpha value is -3.90. The van der Waals surface area contributed by atoms with Gasteiger partial charge < -0.3 is 0 Å². The van der Waals surface area contributed by atoms with Crippen molar-refractivity contribution in [1.29, 1.82) is 0 Å². The summed E-state index contributed by atoms with van der Waals surface area (Å²) in [6.07, 6.45) is 8.84. The molecule has 0 fully saturated rings. The first-order chi connectivity index (χ1) is 14.9. The van der Waals surface area contributed by atoms with E-state index in [-0.39, 0.29) is 0 Å². The summed E-state index contributed by atoms with van der Waals surface area (Å²) in [5, 5.41) is 5.13. The zero-order valence-electron chi connectivity index (χ0n) is 16.7. The van der Waals surface area contributed by atoms with Crippen LogP contribution in [0.4, 0.5) is 0 Å². The molecule has 0 bridgehead atoms. The van der Waals surface area contributed by atoms with Crippen molar-refractivity contribution in [1.82, 2.24) is 0 Å². The molecule has 5 rings (SSSR count). The lowest BCUT2D eigenvalue weighted by Gasteiger charge is -2.10. The fraction of sp³-hybridized carbons (Fsp3) is 0. The summed E-state index contributed by atoms with van der Waals surface area (Å²) in [4.78, 5) is 0. The summed E-state index contributed by atoms with van der Waals surface area (Å²) in [6.45, 7) is 0. The first-order valence-electron chi connectivity index (χ1n) is 10.3. The molecule has 142 valence electrons. The van der Waals surface area contributed by atoms with Gasteiger partial charge in [0.15, 0.2) is 0 Å². The highest BCUT2D eigenvalue weighted by Gasteiger charge is 2.07. The number of benzene rings is 5. The molecule has 0 radical (unpaired) electrons. The van der Waals surface area contributed by atoms with E-state index in [2.05, 4.69) is 127 Å². The normalized spacial score (nSPS) is 11.7. The molecule has 30 heavy (non-hydrogen) atoms. The summed E-state index contributed by atoms with van der Waals surface area (Å²) < 4.78 is 0. The highest BCUT2D eigenvalue weighted by Crippen LogP contribution is 2.31. The Morgan fingerprint density at radius 1 is 0.367 bits per heavy atom. The number of hydrogen-bond donors (Lipinski definition) is 0. The van der Waals surface area contributed by atoms with Crippen LogP contribution in [0.25, 0.3) is 45.8 Å². The highest BCUT2D eigenvalue weighted by atomic mass is 14.1. The van der Waals surface area contributed by atoms with Crippen molar-refractivity contribution in [3.05, 3.63) is 131 Å². The van der Waals surface area contributed by atoms with E-state index in [9.17, 15) is 0 Å². The van der Waals surface area contributed by atoms with Crippen molar-refractivity contribution in [3.8, 4) is 0 Å². The minimum Gasteiger partial charge on any atom is -0.0622 e. The number of hydrogen-bond acceptors (Lipinski definition) is 0. The molecule has 0 aliphatic heterocycles. The third kappa shape index (κ3) is 3.68. The second-order valence-corrected chi connectivity index (χ2v) is 7.44. The van der Waals surface area contributed by atoms with Crippen molar-refractivity contribution in [3.63, 3.8) is 0 Å². The Morgan fingerprint density at radius 3 is 1.70 bits per heavy atom. The van der Waals surface area contributed by atoms with Crippen molar-refractivity contribution in [2.24, 2.45) is 0 Å². The van der Waals surface area contributed by atoms with Crippen LogP contribution < -0.4 is 0 Å². The van der Waals surface area contributed by atoms with Gasteiger partial charge in [-0.15, -0.1) is 0 Å². The van der Waals surface area contributed by atoms with E-state index >= 15 is 0 Å². The van der Waals surface area contributed by atoms with Gasteiger partial charge in [-0.2, -0.15) is 0 Å². The molecule has 5 aromatic carbocycles. The van der Waals surface area contributed by atoms with Crippen molar-refractivity contribution < 1.29 is 0 Å². The van der Waals surface area contributed by atoms with Crippen molar-refractivity contribution in [2.45, 2.75) is 0 Å². The van der Waals surface area contributed by atoms with Gasteiger partial charge in [0, 0.05) is 0 Å². The summed E-state index contributed by atoms with van der Waals surface area (Å²) in [5.41, 5.74) is 4.87. The monoisotopic (exact) mass is 382 g/mol. The summed E-state index contributed by atoms with van der Waals surface area (Å²) in [5.74, 6) is 0. The van der Waals surface area contributed by atoms with E-state index in [1.165, 1.54) is 43.8 Å². The van der Waals surface area contributed by atoms with Gasteiger partial charge in [0.2, 0.25) is 0 Å². The molecule has 0 amide bonds. The van der Waals surface area contributed by atoms with Crippen LogP contribution >= 0.6 is 0 Å². The average molecular weight is 383 g/mol. The Bertz CT molecular complexity index is 1360. The summed E-state index contributed by atoms with van der Waals surface area (Å²) in [7, 11) is 0. The first-order valence-corrected chi connectivity index (χ1v) is 10.3. The average Bonchev–Trinajstić information content (AvgIpc) is 2.82. The van der Waals surface area contributed by atoms with Crippen LogP contribution in [0.3, 0.4) is 0 Å². The van der Waals surface area contributed by atoms with Crippen LogP contribution in [0.2, 0.25) is 0 Å². The molecular weight excluding hydrogens is 360 g/mol. The van der Waals surface area contributed by atoms with Gasteiger partial charge in [0.25, 0.3) is 0 Å². The molecule has 0 heterocycles. The highest BCUT2D eigenvalue weighted by molar-refractivity contribution is 6.11. The molecule has 0 N–H and O–H groups in total. The van der Waals surface area contributed by atoms with Gasteiger partial charge >= 0.3 is 0 Å². The number of fused-ring (bicyclic) bond motifs is 3. The van der Waals surface area contributed by atoms with E-state index < -0.39 is 0 Å². The Balaban J connectivity index is 1.69. The first kappa shape index (κ1) is 18.1. The molecule has 0 aromatic heterocycles. The van der Waals surface area contributed by atoms with Gasteiger partial charge in [-0.25, -0.2) is 0 Å². The SMILES string of the molecule is C(=Cc1ccc2c(ccc3ccccc32)c1C=Cc1ccccc1)c1ccccc1. The molecule has 0 aliphatic rings. The molecule has 0 saturated carbocycles. The Labute approximate surface area is 177 Å². The molecule has 5 aromatic rings. The van der Waals surface area contributed by atoms with Crippen LogP contribution in [0.1, 0.15) is 22.3 Å². The predicted molar refractivity (Wildman–Crippen MR) is 132 cm³/mol. The largest absolute Gasteiger partial charge is 0.0622 e. The predicted octanol–water partition coefficient (Wildman–Crippen LogP) is 8.33. The van der Waals surface area contributed by atoms with Gasteiger partial charge in [-0.1, -0.05) is 133 Å². The lowest BCUT2D eigenvalue weighted by molar-refractivity contribution is 1.65. The van der Waals surface area contributed by atoms with Crippen molar-refractivity contribution in [2.75, 3.05) is 0 Å². The molecule has 0 nitrogen and oxygen atoms in total. The third-order valence-electron chi connectivity index (χ3n) is 5.50. The van der Waals surface area contributed by atoms with Crippen LogP contribution in [0.5, 0.6) is 0 Å². The standard InChI is InChI=1S/C30H22/c1-3-9-23(10-4-1)15-17-26-19-22-29-27-14-8-7-13-25(27)18-21-30(29)28(26)20-16-24-11-5-2-6-12-24/h1-22H. The van der Waals surface area contributed by atoms with Crippen LogP contribution in [0.15, 0.2) is 109 Å². The van der Waals surface area contributed by atoms with E-state index in [0.29, 0.717) is 0 Å². The minimum absolute atomic E-state index is 1.20. The molecule has 0 aliphatic carbocycles. The van der Waals surface area contributed by atoms with Gasteiger partial charge in [0.1, 0.15) is 0 Å². The molecule has 0 saturated heterocycles. The maximum absolute atomic E-state index is 2.25. The second-order valence-electron chi connectivity index (χ2n) is 7.44. The fourth-order valence-corrected chi connectivity index (χ4v) is 3.95. The maximum atomic E-state index is 2.25. The number of rotatable bonds is 4. The van der Waals surface area contributed by atoms with Crippen molar-refractivity contribution >= 4 is 45.8 Å². The van der Waals surface area contributed by atoms with E-state index in [0.717, 1.165) is 0 Å². The van der Waals surface area contributed by atoms with E-state index in [1.807, 2.05) is 6.07 Å². The molecule has 0 spiro atoms. The minimum atomic E-state index is 1.20. The zero-order chi connectivity index (χ0) is 20.2. The quantitative estimate of drug-likeness (QED) is 0.216. The smallest absolute Gasteiger partial charge is 0.00990 e. The molecular formula is C30H22. The fourth-order valence-electron chi connectivity index (χ4n) is 3.95.